The first-order chi connectivity index (χ1) is 14.0. The second kappa shape index (κ2) is 9.58. The third-order valence-electron chi connectivity index (χ3n) is 4.21. The van der Waals surface area contributed by atoms with Crippen molar-refractivity contribution in [3.05, 3.63) is 70.1 Å². The lowest BCUT2D eigenvalue weighted by molar-refractivity contribution is -0.116. The van der Waals surface area contributed by atoms with E-state index in [1.165, 1.54) is 18.4 Å². The van der Waals surface area contributed by atoms with Gasteiger partial charge in [0.15, 0.2) is 0 Å². The molecule has 3 rings (SSSR count). The molecule has 0 atom stereocenters. The summed E-state index contributed by atoms with van der Waals surface area (Å²) in [6.45, 7) is 2.23. The van der Waals surface area contributed by atoms with Gasteiger partial charge in [-0.1, -0.05) is 41.4 Å². The Morgan fingerprint density at radius 1 is 1.07 bits per heavy atom. The molecule has 1 amide bonds. The Hall–Kier alpha value is -2.83. The number of halogens is 1. The molecule has 0 aliphatic carbocycles. The first-order valence-corrected chi connectivity index (χ1v) is 10.2. The first kappa shape index (κ1) is 20.9. The summed E-state index contributed by atoms with van der Waals surface area (Å²) < 4.78 is 10.5. The van der Waals surface area contributed by atoms with Crippen LogP contribution in [0.3, 0.4) is 0 Å². The number of ether oxygens (including phenoxy) is 2. The molecule has 1 aromatic heterocycles. The Morgan fingerprint density at radius 2 is 1.76 bits per heavy atom. The summed E-state index contributed by atoms with van der Waals surface area (Å²) in [4.78, 5) is 24.7. The summed E-state index contributed by atoms with van der Waals surface area (Å²) in [5.74, 6) is -0.0472. The number of carbonyl (C=O) groups is 2. The molecule has 0 saturated heterocycles. The molecule has 0 bridgehead atoms. The van der Waals surface area contributed by atoms with Gasteiger partial charge in [0, 0.05) is 16.0 Å². The normalized spacial score (nSPS) is 10.4. The molecule has 0 spiro atoms. The van der Waals surface area contributed by atoms with Crippen LogP contribution in [-0.4, -0.2) is 25.6 Å². The summed E-state index contributed by atoms with van der Waals surface area (Å²) in [6, 6.07) is 14.7. The Bertz CT molecular complexity index is 997. The molecule has 150 valence electrons. The number of amides is 1. The highest BCUT2D eigenvalue weighted by molar-refractivity contribution is 7.15. The second-order valence-corrected chi connectivity index (χ2v) is 7.63. The number of nitrogens with one attached hydrogen (secondary N) is 1. The van der Waals surface area contributed by atoms with Gasteiger partial charge in [-0.15, -0.1) is 11.3 Å². The van der Waals surface area contributed by atoms with Crippen LogP contribution < -0.4 is 10.1 Å². The van der Waals surface area contributed by atoms with Crippen molar-refractivity contribution >= 4 is 39.8 Å². The fourth-order valence-corrected chi connectivity index (χ4v) is 3.78. The lowest BCUT2D eigenvalue weighted by Crippen LogP contribution is -2.16. The van der Waals surface area contributed by atoms with Crippen molar-refractivity contribution in [2.75, 3.05) is 19.0 Å². The topological polar surface area (TPSA) is 64.6 Å². The van der Waals surface area contributed by atoms with Crippen LogP contribution in [-0.2, 0) is 9.53 Å². The highest BCUT2D eigenvalue weighted by atomic mass is 35.5. The SMILES string of the molecule is COC(=O)c1c(-c2ccc(Cl)cc2)csc1NC(=O)CCOc1ccc(C)cc1. The Labute approximate surface area is 178 Å². The van der Waals surface area contributed by atoms with Gasteiger partial charge in [0.1, 0.15) is 16.3 Å². The van der Waals surface area contributed by atoms with Crippen LogP contribution in [0.5, 0.6) is 5.75 Å². The zero-order valence-corrected chi connectivity index (χ0v) is 17.6. The molecule has 0 saturated carbocycles. The van der Waals surface area contributed by atoms with E-state index >= 15 is 0 Å². The maximum atomic E-state index is 12.4. The number of methoxy groups -OCH3 is 1. The lowest BCUT2D eigenvalue weighted by atomic mass is 10.0. The van der Waals surface area contributed by atoms with Gasteiger partial charge in [0.25, 0.3) is 0 Å². The largest absolute Gasteiger partial charge is 0.493 e. The minimum atomic E-state index is -0.512. The van der Waals surface area contributed by atoms with Crippen molar-refractivity contribution in [2.24, 2.45) is 0 Å². The van der Waals surface area contributed by atoms with Gasteiger partial charge in [-0.25, -0.2) is 4.79 Å². The van der Waals surface area contributed by atoms with Crippen molar-refractivity contribution in [3.8, 4) is 16.9 Å². The summed E-state index contributed by atoms with van der Waals surface area (Å²) in [6.07, 6.45) is 0.155. The van der Waals surface area contributed by atoms with Crippen LogP contribution in [0.4, 0.5) is 5.00 Å². The lowest BCUT2D eigenvalue weighted by Gasteiger charge is -2.09. The van der Waals surface area contributed by atoms with Crippen molar-refractivity contribution in [1.82, 2.24) is 0 Å². The zero-order chi connectivity index (χ0) is 20.8. The highest BCUT2D eigenvalue weighted by Gasteiger charge is 2.22. The van der Waals surface area contributed by atoms with E-state index in [-0.39, 0.29) is 18.9 Å². The molecule has 2 aromatic carbocycles. The van der Waals surface area contributed by atoms with E-state index in [2.05, 4.69) is 5.32 Å². The molecule has 29 heavy (non-hydrogen) atoms. The number of esters is 1. The molecule has 0 unspecified atom stereocenters. The Kier molecular flexibility index (Phi) is 6.90. The smallest absolute Gasteiger partial charge is 0.341 e. The molecule has 7 heteroatoms. The average Bonchev–Trinajstić information content (AvgIpc) is 3.13. The van der Waals surface area contributed by atoms with E-state index in [1.807, 2.05) is 48.7 Å². The molecule has 0 aliphatic heterocycles. The second-order valence-electron chi connectivity index (χ2n) is 6.31. The van der Waals surface area contributed by atoms with Crippen molar-refractivity contribution < 1.29 is 19.1 Å². The van der Waals surface area contributed by atoms with Crippen LogP contribution >= 0.6 is 22.9 Å². The van der Waals surface area contributed by atoms with E-state index in [1.54, 1.807) is 12.1 Å². The van der Waals surface area contributed by atoms with Crippen LogP contribution in [0.2, 0.25) is 5.02 Å². The quantitative estimate of drug-likeness (QED) is 0.498. The predicted octanol–water partition coefficient (Wildman–Crippen LogP) is 5.57. The fraction of sp³-hybridized carbons (Fsp3) is 0.182. The minimum absolute atomic E-state index is 0.155. The van der Waals surface area contributed by atoms with Crippen LogP contribution in [0.15, 0.2) is 53.9 Å². The summed E-state index contributed by atoms with van der Waals surface area (Å²) in [5, 5.41) is 5.66. The number of hydrogen-bond acceptors (Lipinski definition) is 5. The molecule has 5 nitrogen and oxygen atoms in total. The Morgan fingerprint density at radius 3 is 2.41 bits per heavy atom. The monoisotopic (exact) mass is 429 g/mol. The minimum Gasteiger partial charge on any atom is -0.493 e. The fourth-order valence-electron chi connectivity index (χ4n) is 2.68. The maximum Gasteiger partial charge on any atom is 0.341 e. The Balaban J connectivity index is 1.69. The van der Waals surface area contributed by atoms with Crippen molar-refractivity contribution in [3.63, 3.8) is 0 Å². The summed E-state index contributed by atoms with van der Waals surface area (Å²) >= 11 is 7.22. The van der Waals surface area contributed by atoms with Gasteiger partial charge in [0.05, 0.1) is 20.1 Å². The number of thiophene rings is 1. The maximum absolute atomic E-state index is 12.4. The third kappa shape index (κ3) is 5.37. The van der Waals surface area contributed by atoms with E-state index in [9.17, 15) is 9.59 Å². The van der Waals surface area contributed by atoms with Gasteiger partial charge in [-0.05, 0) is 36.8 Å². The van der Waals surface area contributed by atoms with E-state index in [0.717, 1.165) is 11.1 Å². The summed E-state index contributed by atoms with van der Waals surface area (Å²) in [7, 11) is 1.31. The van der Waals surface area contributed by atoms with E-state index in [0.29, 0.717) is 26.9 Å². The van der Waals surface area contributed by atoms with E-state index in [4.69, 9.17) is 21.1 Å². The number of aryl methyl sites for hydroxylation is 1. The number of anilines is 1. The third-order valence-corrected chi connectivity index (χ3v) is 5.35. The number of hydrogen-bond donors (Lipinski definition) is 1. The predicted molar refractivity (Wildman–Crippen MR) is 116 cm³/mol. The molecule has 0 aliphatic rings. The molecule has 0 fully saturated rings. The average molecular weight is 430 g/mol. The van der Waals surface area contributed by atoms with Gasteiger partial charge >= 0.3 is 5.97 Å². The molecule has 1 heterocycles. The van der Waals surface area contributed by atoms with E-state index < -0.39 is 5.97 Å². The highest BCUT2D eigenvalue weighted by Crippen LogP contribution is 2.36. The zero-order valence-electron chi connectivity index (χ0n) is 16.0. The molecular weight excluding hydrogens is 410 g/mol. The van der Waals surface area contributed by atoms with Crippen LogP contribution in [0, 0.1) is 6.92 Å². The van der Waals surface area contributed by atoms with Gasteiger partial charge in [-0.2, -0.15) is 0 Å². The molecular formula is C22H20ClNO4S. The summed E-state index contributed by atoms with van der Waals surface area (Å²) in [5.41, 5.74) is 2.96. The standard InChI is InChI=1S/C22H20ClNO4S/c1-14-3-9-17(10-4-14)28-12-11-19(25)24-21-20(22(26)27-2)18(13-29-21)15-5-7-16(23)8-6-15/h3-10,13H,11-12H2,1-2H3,(H,24,25). The molecule has 0 radical (unpaired) electrons. The first-order valence-electron chi connectivity index (χ1n) is 8.93. The molecule has 3 aromatic rings. The molecule has 1 N–H and O–H groups in total. The number of rotatable bonds is 7. The number of benzene rings is 2. The van der Waals surface area contributed by atoms with Crippen molar-refractivity contribution in [2.45, 2.75) is 13.3 Å². The van der Waals surface area contributed by atoms with Crippen LogP contribution in [0.25, 0.3) is 11.1 Å². The number of carbonyl (C=O) groups excluding carboxylic acids is 2. The van der Waals surface area contributed by atoms with Gasteiger partial charge < -0.3 is 14.8 Å². The van der Waals surface area contributed by atoms with Crippen LogP contribution in [0.1, 0.15) is 22.3 Å². The van der Waals surface area contributed by atoms with Crippen molar-refractivity contribution in [1.29, 1.82) is 0 Å². The van der Waals surface area contributed by atoms with Gasteiger partial charge in [-0.3, -0.25) is 4.79 Å². The van der Waals surface area contributed by atoms with Gasteiger partial charge in [0.2, 0.25) is 5.91 Å².